The van der Waals surface area contributed by atoms with Gasteiger partial charge in [-0.15, -0.1) is 0 Å². The molecule has 2 aliphatic rings. The van der Waals surface area contributed by atoms with Crippen molar-refractivity contribution in [2.75, 3.05) is 7.11 Å². The summed E-state index contributed by atoms with van der Waals surface area (Å²) in [7, 11) is 1.13. The molecule has 2 unspecified atom stereocenters. The number of methoxy groups -OCH3 is 1. The van der Waals surface area contributed by atoms with Gasteiger partial charge in [-0.25, -0.2) is 4.79 Å². The number of amides is 1. The highest BCUT2D eigenvalue weighted by Crippen LogP contribution is 2.59. The predicted octanol–water partition coefficient (Wildman–Crippen LogP) is 3.78. The maximum absolute atomic E-state index is 13.2. The lowest BCUT2D eigenvalue weighted by Gasteiger charge is -2.22. The number of hydrogen-bond donors (Lipinski definition) is 5. The third kappa shape index (κ3) is 4.93. The maximum atomic E-state index is 13.2. The van der Waals surface area contributed by atoms with E-state index in [-0.39, 0.29) is 41.4 Å². The number of phenolic OH excluding ortho intramolecular Hbond substituents is 4. The van der Waals surface area contributed by atoms with E-state index in [0.717, 1.165) is 32.8 Å². The Morgan fingerprint density at radius 2 is 1.65 bits per heavy atom. The highest BCUT2D eigenvalue weighted by atomic mass is 16.5. The van der Waals surface area contributed by atoms with Crippen molar-refractivity contribution < 1.29 is 44.3 Å². The first kappa shape index (κ1) is 27.0. The van der Waals surface area contributed by atoms with Gasteiger partial charge in [0.1, 0.15) is 28.6 Å². The lowest BCUT2D eigenvalue weighted by atomic mass is 9.95. The van der Waals surface area contributed by atoms with E-state index in [1.807, 2.05) is 0 Å². The highest BCUT2D eigenvalue weighted by molar-refractivity contribution is 6.18. The third-order valence-corrected chi connectivity index (χ3v) is 7.81. The Morgan fingerprint density at radius 3 is 2.33 bits per heavy atom. The summed E-state index contributed by atoms with van der Waals surface area (Å²) in [4.78, 5) is 38.0. The van der Waals surface area contributed by atoms with Crippen LogP contribution in [0.4, 0.5) is 0 Å². The van der Waals surface area contributed by atoms with Crippen LogP contribution in [-0.4, -0.2) is 57.3 Å². The maximum Gasteiger partial charge on any atom is 0.338 e. The number of esters is 1. The van der Waals surface area contributed by atoms with Crippen LogP contribution >= 0.6 is 0 Å². The molecule has 2 saturated carbocycles. The number of ketones is 1. The van der Waals surface area contributed by atoms with Crippen LogP contribution in [0.15, 0.2) is 54.6 Å². The van der Waals surface area contributed by atoms with Gasteiger partial charge in [0, 0.05) is 17.0 Å². The molecule has 5 rings (SSSR count). The van der Waals surface area contributed by atoms with E-state index >= 15 is 0 Å². The minimum absolute atomic E-state index is 0.0463. The summed E-state index contributed by atoms with van der Waals surface area (Å²) in [5.41, 5.74) is -0.385. The number of carbonyl (C=O) groups is 3. The molecule has 10 nitrogen and oxygen atoms in total. The largest absolute Gasteiger partial charge is 0.508 e. The molecule has 3 aromatic carbocycles. The van der Waals surface area contributed by atoms with Crippen molar-refractivity contribution in [1.82, 2.24) is 5.32 Å². The highest BCUT2D eigenvalue weighted by Gasteiger charge is 2.62. The molecule has 0 radical (unpaired) electrons. The lowest BCUT2D eigenvalue weighted by Crippen LogP contribution is -2.33. The molecule has 5 N–H and O–H groups in total. The molecule has 2 fully saturated rings. The summed E-state index contributed by atoms with van der Waals surface area (Å²) >= 11 is 0. The molecule has 0 aromatic heterocycles. The molecule has 1 spiro atoms. The van der Waals surface area contributed by atoms with Crippen LogP contribution in [0, 0.1) is 5.41 Å². The quantitative estimate of drug-likeness (QED) is 0.209. The number of ether oxygens (including phenoxy) is 2. The summed E-state index contributed by atoms with van der Waals surface area (Å²) < 4.78 is 10.9. The van der Waals surface area contributed by atoms with E-state index < -0.39 is 40.1 Å². The van der Waals surface area contributed by atoms with Crippen LogP contribution in [0.3, 0.4) is 0 Å². The van der Waals surface area contributed by atoms with Gasteiger partial charge in [-0.2, -0.15) is 0 Å². The van der Waals surface area contributed by atoms with Crippen molar-refractivity contribution in [3.63, 3.8) is 0 Å². The van der Waals surface area contributed by atoms with Crippen molar-refractivity contribution >= 4 is 17.7 Å². The second-order valence-corrected chi connectivity index (χ2v) is 10.2. The topological polar surface area (TPSA) is 163 Å². The van der Waals surface area contributed by atoms with Crippen LogP contribution in [0.25, 0.3) is 0 Å². The van der Waals surface area contributed by atoms with Gasteiger partial charge in [-0.1, -0.05) is 12.5 Å². The van der Waals surface area contributed by atoms with E-state index in [1.165, 1.54) is 42.5 Å². The number of carbonyl (C=O) groups excluding carboxylic acids is 3. The molecule has 208 valence electrons. The first-order chi connectivity index (χ1) is 19.1. The number of phenols is 4. The standard InChI is InChI=1S/C30H29NO9/c1-39-29(38)19-4-2-5-20(33)25(19)27(36)26-21(34)12-16(13-22(26)35)15-40-24-6-3-11-30(24)14-23(30)31-28(37)17-7-9-18(32)10-8-17/h2,4-5,7-10,12-13,23-24,32-35H,3,6,11,14-15H2,1H3,(H,31,37)/t23?,24-,30?/m1/s1. The van der Waals surface area contributed by atoms with Gasteiger partial charge in [0.15, 0.2) is 0 Å². The molecule has 40 heavy (non-hydrogen) atoms. The summed E-state index contributed by atoms with van der Waals surface area (Å²) in [5, 5.41) is 44.1. The van der Waals surface area contributed by atoms with E-state index in [9.17, 15) is 34.8 Å². The Morgan fingerprint density at radius 1 is 0.950 bits per heavy atom. The fraction of sp³-hybridized carbons (Fsp3) is 0.300. The van der Waals surface area contributed by atoms with Crippen LogP contribution in [0.5, 0.6) is 23.0 Å². The molecule has 3 atom stereocenters. The fourth-order valence-corrected chi connectivity index (χ4v) is 5.68. The Labute approximate surface area is 229 Å². The van der Waals surface area contributed by atoms with Crippen molar-refractivity contribution in [3.8, 4) is 23.0 Å². The van der Waals surface area contributed by atoms with Gasteiger partial charge in [0.2, 0.25) is 5.78 Å². The summed E-state index contributed by atoms with van der Waals surface area (Å²) in [6.07, 6.45) is 3.25. The number of nitrogens with one attached hydrogen (secondary N) is 1. The van der Waals surface area contributed by atoms with Gasteiger partial charge in [0.05, 0.1) is 30.9 Å². The van der Waals surface area contributed by atoms with Crippen LogP contribution in [-0.2, 0) is 16.1 Å². The second-order valence-electron chi connectivity index (χ2n) is 10.2. The predicted molar refractivity (Wildman–Crippen MR) is 141 cm³/mol. The minimum Gasteiger partial charge on any atom is -0.508 e. The Bertz CT molecular complexity index is 1460. The lowest BCUT2D eigenvalue weighted by molar-refractivity contribution is 0.00415. The SMILES string of the molecule is COC(=O)c1cccc(O)c1C(=O)c1c(O)cc(CO[C@@H]2CCCC23CC3NC(=O)c2ccc(O)cc2)cc1O. The van der Waals surface area contributed by atoms with Gasteiger partial charge in [-0.05, 0) is 73.4 Å². The Balaban J connectivity index is 1.28. The summed E-state index contributed by atoms with van der Waals surface area (Å²) in [5.74, 6) is -3.50. The molecule has 1 amide bonds. The van der Waals surface area contributed by atoms with Crippen molar-refractivity contribution in [2.24, 2.45) is 5.41 Å². The zero-order valence-corrected chi connectivity index (χ0v) is 21.7. The Hall–Kier alpha value is -4.57. The van der Waals surface area contributed by atoms with E-state index in [1.54, 1.807) is 12.1 Å². The molecule has 10 heteroatoms. The zero-order valence-electron chi connectivity index (χ0n) is 21.7. The second kappa shape index (κ2) is 10.5. The molecule has 0 bridgehead atoms. The number of hydrogen-bond acceptors (Lipinski definition) is 9. The van der Waals surface area contributed by atoms with Crippen molar-refractivity contribution in [1.29, 1.82) is 0 Å². The molecular formula is C30H29NO9. The summed E-state index contributed by atoms with van der Waals surface area (Å²) in [6.45, 7) is 0.0463. The molecular weight excluding hydrogens is 518 g/mol. The van der Waals surface area contributed by atoms with E-state index in [2.05, 4.69) is 10.1 Å². The monoisotopic (exact) mass is 547 g/mol. The first-order valence-electron chi connectivity index (χ1n) is 12.9. The smallest absolute Gasteiger partial charge is 0.338 e. The third-order valence-electron chi connectivity index (χ3n) is 7.81. The van der Waals surface area contributed by atoms with Crippen molar-refractivity contribution in [2.45, 2.75) is 44.4 Å². The minimum atomic E-state index is -0.944. The zero-order chi connectivity index (χ0) is 28.6. The van der Waals surface area contributed by atoms with Gasteiger partial charge in [0.25, 0.3) is 5.91 Å². The molecule has 0 heterocycles. The number of aromatic hydroxyl groups is 4. The van der Waals surface area contributed by atoms with E-state index in [0.29, 0.717) is 11.1 Å². The summed E-state index contributed by atoms with van der Waals surface area (Å²) in [6, 6.07) is 12.5. The molecule has 0 saturated heterocycles. The Kier molecular flexibility index (Phi) is 7.12. The fourth-order valence-electron chi connectivity index (χ4n) is 5.68. The van der Waals surface area contributed by atoms with Crippen LogP contribution in [0.2, 0.25) is 0 Å². The molecule has 3 aromatic rings. The first-order valence-corrected chi connectivity index (χ1v) is 12.9. The van der Waals surface area contributed by atoms with Gasteiger partial charge in [-0.3, -0.25) is 9.59 Å². The number of rotatable bonds is 8. The normalized spacial score (nSPS) is 21.2. The average Bonchev–Trinajstić information content (AvgIpc) is 3.45. The molecule has 2 aliphatic carbocycles. The van der Waals surface area contributed by atoms with E-state index in [4.69, 9.17) is 4.74 Å². The van der Waals surface area contributed by atoms with Gasteiger partial charge < -0.3 is 35.2 Å². The van der Waals surface area contributed by atoms with Crippen LogP contribution in [0.1, 0.15) is 67.9 Å². The van der Waals surface area contributed by atoms with Gasteiger partial charge >= 0.3 is 5.97 Å². The average molecular weight is 548 g/mol. The van der Waals surface area contributed by atoms with Crippen molar-refractivity contribution in [3.05, 3.63) is 82.4 Å². The van der Waals surface area contributed by atoms with Crippen LogP contribution < -0.4 is 5.32 Å². The number of benzene rings is 3. The molecule has 0 aliphatic heterocycles.